The largest absolute Gasteiger partial charge is 0.263 e. The van der Waals surface area contributed by atoms with Crippen LogP contribution in [0.3, 0.4) is 0 Å². The molecule has 1 aromatic heterocycles. The number of rotatable bonds is 2. The molecule has 3 heteroatoms. The van der Waals surface area contributed by atoms with E-state index in [-0.39, 0.29) is 0 Å². The quantitative estimate of drug-likeness (QED) is 0.784. The lowest BCUT2D eigenvalue weighted by Gasteiger charge is -1.97. The predicted molar refractivity (Wildman–Crippen MR) is 55.9 cm³/mol. The maximum atomic E-state index is 4.27. The molecule has 0 radical (unpaired) electrons. The highest BCUT2D eigenvalue weighted by atomic mass is 15.2. The highest BCUT2D eigenvalue weighted by molar-refractivity contribution is 5.54. The molecule has 0 aliphatic rings. The second kappa shape index (κ2) is 3.62. The van der Waals surface area contributed by atoms with Gasteiger partial charge in [0.2, 0.25) is 0 Å². The van der Waals surface area contributed by atoms with Crippen LogP contribution in [-0.2, 0) is 6.42 Å². The highest BCUT2D eigenvalue weighted by Gasteiger charge is 2.02. The Labute approximate surface area is 83.2 Å². The summed E-state index contributed by atoms with van der Waals surface area (Å²) < 4.78 is 0. The van der Waals surface area contributed by atoms with Crippen molar-refractivity contribution in [2.75, 3.05) is 0 Å². The molecule has 0 aliphatic heterocycles. The Morgan fingerprint density at radius 1 is 1.21 bits per heavy atom. The first-order chi connectivity index (χ1) is 6.79. The number of aryl methyl sites for hydroxylation is 2. The van der Waals surface area contributed by atoms with Crippen molar-refractivity contribution in [1.29, 1.82) is 0 Å². The number of nitrogens with zero attached hydrogens (tertiary/aromatic N) is 2. The summed E-state index contributed by atoms with van der Waals surface area (Å²) >= 11 is 0. The number of aromatic amines is 1. The summed E-state index contributed by atoms with van der Waals surface area (Å²) in [4.78, 5) is 4.27. The molecular formula is C11H13N3. The van der Waals surface area contributed by atoms with Gasteiger partial charge in [0.05, 0.1) is 0 Å². The van der Waals surface area contributed by atoms with E-state index in [0.717, 1.165) is 23.6 Å². The molecule has 0 aliphatic carbocycles. The molecule has 0 amide bonds. The Hall–Kier alpha value is -1.64. The molecule has 0 spiro atoms. The number of hydrogen-bond donors (Lipinski definition) is 1. The lowest BCUT2D eigenvalue weighted by molar-refractivity contribution is 1.04. The third kappa shape index (κ3) is 1.66. The SMILES string of the molecule is CCc1ccc(-c2n[nH]c(C)n2)cc1. The van der Waals surface area contributed by atoms with Gasteiger partial charge in [-0.15, -0.1) is 0 Å². The molecule has 0 unspecified atom stereocenters. The van der Waals surface area contributed by atoms with Crippen LogP contribution in [0.25, 0.3) is 11.4 Å². The summed E-state index contributed by atoms with van der Waals surface area (Å²) in [6, 6.07) is 8.34. The lowest BCUT2D eigenvalue weighted by atomic mass is 10.1. The Morgan fingerprint density at radius 2 is 1.93 bits per heavy atom. The topological polar surface area (TPSA) is 41.6 Å². The number of nitrogens with one attached hydrogen (secondary N) is 1. The van der Waals surface area contributed by atoms with Gasteiger partial charge in [-0.05, 0) is 18.9 Å². The molecule has 1 N–H and O–H groups in total. The summed E-state index contributed by atoms with van der Waals surface area (Å²) in [5.74, 6) is 1.62. The first-order valence-corrected chi connectivity index (χ1v) is 4.78. The lowest BCUT2D eigenvalue weighted by Crippen LogP contribution is -1.83. The van der Waals surface area contributed by atoms with Gasteiger partial charge in [-0.2, -0.15) is 5.10 Å². The van der Waals surface area contributed by atoms with Crippen LogP contribution in [0, 0.1) is 6.92 Å². The Bertz CT molecular complexity index is 414. The fourth-order valence-corrected chi connectivity index (χ4v) is 1.36. The molecule has 2 rings (SSSR count). The second-order valence-electron chi connectivity index (χ2n) is 3.29. The zero-order valence-electron chi connectivity index (χ0n) is 8.41. The average molecular weight is 187 g/mol. The van der Waals surface area contributed by atoms with Crippen molar-refractivity contribution in [3.05, 3.63) is 35.7 Å². The third-order valence-electron chi connectivity index (χ3n) is 2.22. The molecule has 0 fully saturated rings. The Balaban J connectivity index is 2.33. The number of hydrogen-bond acceptors (Lipinski definition) is 2. The summed E-state index contributed by atoms with van der Waals surface area (Å²) in [6.07, 6.45) is 1.06. The normalized spacial score (nSPS) is 10.4. The summed E-state index contributed by atoms with van der Waals surface area (Å²) in [7, 11) is 0. The van der Waals surface area contributed by atoms with Crippen LogP contribution in [0.4, 0.5) is 0 Å². The van der Waals surface area contributed by atoms with E-state index in [1.165, 1.54) is 5.56 Å². The van der Waals surface area contributed by atoms with Crippen molar-refractivity contribution >= 4 is 0 Å². The van der Waals surface area contributed by atoms with Gasteiger partial charge in [0.25, 0.3) is 0 Å². The van der Waals surface area contributed by atoms with Gasteiger partial charge < -0.3 is 0 Å². The van der Waals surface area contributed by atoms with E-state index < -0.39 is 0 Å². The molecule has 1 heterocycles. The Kier molecular flexibility index (Phi) is 2.31. The summed E-state index contributed by atoms with van der Waals surface area (Å²) in [6.45, 7) is 4.04. The number of benzene rings is 1. The van der Waals surface area contributed by atoms with Crippen molar-refractivity contribution in [1.82, 2.24) is 15.2 Å². The first kappa shape index (κ1) is 8.94. The second-order valence-corrected chi connectivity index (χ2v) is 3.29. The average Bonchev–Trinajstić information content (AvgIpc) is 2.65. The van der Waals surface area contributed by atoms with Gasteiger partial charge in [-0.25, -0.2) is 4.98 Å². The molecular weight excluding hydrogens is 174 g/mol. The van der Waals surface area contributed by atoms with Crippen molar-refractivity contribution in [3.8, 4) is 11.4 Å². The standard InChI is InChI=1S/C11H13N3/c1-3-9-4-6-10(7-5-9)11-12-8(2)13-14-11/h4-7H,3H2,1-2H3,(H,12,13,14). The van der Waals surface area contributed by atoms with Gasteiger partial charge in [0.1, 0.15) is 5.82 Å². The molecule has 1 aromatic carbocycles. The van der Waals surface area contributed by atoms with Crippen LogP contribution >= 0.6 is 0 Å². The minimum atomic E-state index is 0.769. The van der Waals surface area contributed by atoms with Gasteiger partial charge in [-0.1, -0.05) is 31.2 Å². The number of H-pyrrole nitrogens is 1. The van der Waals surface area contributed by atoms with Crippen LogP contribution in [0.1, 0.15) is 18.3 Å². The van der Waals surface area contributed by atoms with Gasteiger partial charge in [0.15, 0.2) is 5.82 Å². The van der Waals surface area contributed by atoms with E-state index >= 15 is 0 Å². The van der Waals surface area contributed by atoms with Crippen molar-refractivity contribution < 1.29 is 0 Å². The maximum Gasteiger partial charge on any atom is 0.181 e. The minimum Gasteiger partial charge on any atom is -0.263 e. The highest BCUT2D eigenvalue weighted by Crippen LogP contribution is 2.15. The van der Waals surface area contributed by atoms with E-state index in [0.29, 0.717) is 0 Å². The molecule has 3 nitrogen and oxygen atoms in total. The van der Waals surface area contributed by atoms with Crippen LogP contribution in [0.2, 0.25) is 0 Å². The van der Waals surface area contributed by atoms with E-state index in [1.54, 1.807) is 0 Å². The van der Waals surface area contributed by atoms with Gasteiger partial charge >= 0.3 is 0 Å². The zero-order chi connectivity index (χ0) is 9.97. The van der Waals surface area contributed by atoms with Crippen LogP contribution in [0.15, 0.2) is 24.3 Å². The summed E-state index contributed by atoms with van der Waals surface area (Å²) in [5, 5.41) is 6.94. The third-order valence-corrected chi connectivity index (χ3v) is 2.22. The Morgan fingerprint density at radius 3 is 2.43 bits per heavy atom. The molecule has 14 heavy (non-hydrogen) atoms. The zero-order valence-corrected chi connectivity index (χ0v) is 8.41. The first-order valence-electron chi connectivity index (χ1n) is 4.78. The van der Waals surface area contributed by atoms with E-state index in [4.69, 9.17) is 0 Å². The molecule has 72 valence electrons. The van der Waals surface area contributed by atoms with Crippen molar-refractivity contribution in [2.24, 2.45) is 0 Å². The van der Waals surface area contributed by atoms with Crippen molar-refractivity contribution in [3.63, 3.8) is 0 Å². The van der Waals surface area contributed by atoms with Gasteiger partial charge in [0, 0.05) is 5.56 Å². The summed E-state index contributed by atoms with van der Waals surface area (Å²) in [5.41, 5.74) is 2.40. The minimum absolute atomic E-state index is 0.769. The molecule has 0 atom stereocenters. The van der Waals surface area contributed by atoms with Crippen LogP contribution in [0.5, 0.6) is 0 Å². The van der Waals surface area contributed by atoms with Crippen LogP contribution < -0.4 is 0 Å². The van der Waals surface area contributed by atoms with E-state index in [1.807, 2.05) is 6.92 Å². The monoisotopic (exact) mass is 187 g/mol. The van der Waals surface area contributed by atoms with E-state index in [9.17, 15) is 0 Å². The fraction of sp³-hybridized carbons (Fsp3) is 0.273. The maximum absolute atomic E-state index is 4.27. The van der Waals surface area contributed by atoms with Crippen LogP contribution in [-0.4, -0.2) is 15.2 Å². The van der Waals surface area contributed by atoms with Gasteiger partial charge in [-0.3, -0.25) is 5.10 Å². The number of aromatic nitrogens is 3. The molecule has 2 aromatic rings. The smallest absolute Gasteiger partial charge is 0.181 e. The molecule has 0 saturated heterocycles. The fourth-order valence-electron chi connectivity index (χ4n) is 1.36. The molecule has 0 saturated carbocycles. The van der Waals surface area contributed by atoms with E-state index in [2.05, 4.69) is 46.4 Å². The van der Waals surface area contributed by atoms with Crippen molar-refractivity contribution in [2.45, 2.75) is 20.3 Å². The predicted octanol–water partition coefficient (Wildman–Crippen LogP) is 2.34. The molecule has 0 bridgehead atoms.